The summed E-state index contributed by atoms with van der Waals surface area (Å²) in [5, 5.41) is 6.38. The molecule has 0 saturated heterocycles. The summed E-state index contributed by atoms with van der Waals surface area (Å²) in [5.74, 6) is -0.675. The third-order valence-corrected chi connectivity index (χ3v) is 2.93. The molecule has 22 heavy (non-hydrogen) atoms. The van der Waals surface area contributed by atoms with Gasteiger partial charge in [0.2, 0.25) is 0 Å². The van der Waals surface area contributed by atoms with E-state index < -0.39 is 0 Å². The Morgan fingerprint density at radius 2 is 1.73 bits per heavy atom. The van der Waals surface area contributed by atoms with Gasteiger partial charge in [-0.1, -0.05) is 48.0 Å². The third-order valence-electron chi connectivity index (χ3n) is 2.93. The Bertz CT molecular complexity index is 664. The molecular weight excluding hydrogens is 278 g/mol. The van der Waals surface area contributed by atoms with Crippen LogP contribution in [-0.4, -0.2) is 24.6 Å². The van der Waals surface area contributed by atoms with Crippen molar-refractivity contribution in [2.24, 2.45) is 5.10 Å². The van der Waals surface area contributed by atoms with Crippen molar-refractivity contribution >= 4 is 18.0 Å². The van der Waals surface area contributed by atoms with E-state index >= 15 is 0 Å². The molecule has 5 nitrogen and oxygen atoms in total. The number of hydrogen-bond acceptors (Lipinski definition) is 3. The van der Waals surface area contributed by atoms with Gasteiger partial charge in [0.1, 0.15) is 0 Å². The summed E-state index contributed by atoms with van der Waals surface area (Å²) in [7, 11) is 0. The Labute approximate surface area is 129 Å². The maximum Gasteiger partial charge on any atom is 0.259 e. The second-order valence-electron chi connectivity index (χ2n) is 4.75. The molecule has 0 aliphatic rings. The first-order valence-electron chi connectivity index (χ1n) is 6.87. The topological polar surface area (TPSA) is 70.6 Å². The summed E-state index contributed by atoms with van der Waals surface area (Å²) >= 11 is 0. The number of benzene rings is 2. The van der Waals surface area contributed by atoms with Crippen molar-refractivity contribution in [2.45, 2.75) is 6.92 Å². The number of carbonyl (C=O) groups is 2. The van der Waals surface area contributed by atoms with Crippen molar-refractivity contribution in [3.63, 3.8) is 0 Å². The molecular formula is C17H17N3O2. The number of rotatable bonds is 5. The summed E-state index contributed by atoms with van der Waals surface area (Å²) < 4.78 is 0. The van der Waals surface area contributed by atoms with Crippen molar-refractivity contribution in [1.29, 1.82) is 0 Å². The van der Waals surface area contributed by atoms with Gasteiger partial charge in [-0.2, -0.15) is 5.10 Å². The maximum absolute atomic E-state index is 11.7. The van der Waals surface area contributed by atoms with E-state index in [1.165, 1.54) is 0 Å². The summed E-state index contributed by atoms with van der Waals surface area (Å²) in [6.45, 7) is 1.87. The van der Waals surface area contributed by atoms with Crippen molar-refractivity contribution in [3.05, 3.63) is 71.3 Å². The molecule has 0 saturated carbocycles. The molecule has 0 aliphatic carbocycles. The zero-order valence-corrected chi connectivity index (χ0v) is 12.2. The lowest BCUT2D eigenvalue weighted by molar-refractivity contribution is -0.120. The van der Waals surface area contributed by atoms with E-state index in [1.807, 2.05) is 37.3 Å². The van der Waals surface area contributed by atoms with Crippen LogP contribution < -0.4 is 10.7 Å². The van der Waals surface area contributed by atoms with Crippen LogP contribution in [0.25, 0.3) is 0 Å². The van der Waals surface area contributed by atoms with E-state index in [9.17, 15) is 9.59 Å². The monoisotopic (exact) mass is 295 g/mol. The fraction of sp³-hybridized carbons (Fsp3) is 0.118. The van der Waals surface area contributed by atoms with E-state index in [-0.39, 0.29) is 18.4 Å². The predicted molar refractivity (Wildman–Crippen MR) is 85.7 cm³/mol. The van der Waals surface area contributed by atoms with Crippen LogP contribution in [0.15, 0.2) is 59.7 Å². The van der Waals surface area contributed by atoms with Crippen LogP contribution in [0.2, 0.25) is 0 Å². The normalized spacial score (nSPS) is 10.4. The van der Waals surface area contributed by atoms with Crippen LogP contribution in [0.4, 0.5) is 0 Å². The highest BCUT2D eigenvalue weighted by molar-refractivity contribution is 5.96. The summed E-state index contributed by atoms with van der Waals surface area (Å²) in [4.78, 5) is 23.3. The average molecular weight is 295 g/mol. The largest absolute Gasteiger partial charge is 0.343 e. The van der Waals surface area contributed by atoms with Crippen LogP contribution in [0.1, 0.15) is 21.5 Å². The van der Waals surface area contributed by atoms with Crippen LogP contribution in [0.5, 0.6) is 0 Å². The average Bonchev–Trinajstić information content (AvgIpc) is 2.55. The van der Waals surface area contributed by atoms with Gasteiger partial charge < -0.3 is 5.32 Å². The lowest BCUT2D eigenvalue weighted by Gasteiger charge is -2.03. The minimum absolute atomic E-state index is 0.126. The van der Waals surface area contributed by atoms with Gasteiger partial charge in [-0.3, -0.25) is 9.59 Å². The number of nitrogens with zero attached hydrogens (tertiary/aromatic N) is 1. The van der Waals surface area contributed by atoms with Gasteiger partial charge in [0, 0.05) is 5.56 Å². The van der Waals surface area contributed by atoms with Gasteiger partial charge in [0.25, 0.3) is 11.8 Å². The highest BCUT2D eigenvalue weighted by Gasteiger charge is 2.06. The molecule has 2 aromatic carbocycles. The molecule has 2 N–H and O–H groups in total. The minimum atomic E-state index is -0.382. The predicted octanol–water partition coefficient (Wildman–Crippen LogP) is 1.88. The van der Waals surface area contributed by atoms with Gasteiger partial charge >= 0.3 is 0 Å². The van der Waals surface area contributed by atoms with Crippen molar-refractivity contribution < 1.29 is 9.59 Å². The van der Waals surface area contributed by atoms with Crippen molar-refractivity contribution in [1.82, 2.24) is 10.7 Å². The van der Waals surface area contributed by atoms with Gasteiger partial charge in [0.15, 0.2) is 0 Å². The highest BCUT2D eigenvalue weighted by Crippen LogP contribution is 2.00. The van der Waals surface area contributed by atoms with Gasteiger partial charge in [-0.15, -0.1) is 0 Å². The van der Waals surface area contributed by atoms with Gasteiger partial charge in [-0.25, -0.2) is 5.43 Å². The molecule has 2 aromatic rings. The van der Waals surface area contributed by atoms with Crippen LogP contribution in [0, 0.1) is 6.92 Å². The number of aryl methyl sites for hydroxylation is 1. The molecule has 0 bridgehead atoms. The zero-order valence-electron chi connectivity index (χ0n) is 12.2. The number of nitrogens with one attached hydrogen (secondary N) is 2. The van der Waals surface area contributed by atoms with E-state index in [4.69, 9.17) is 0 Å². The first-order chi connectivity index (χ1) is 10.6. The Morgan fingerprint density at radius 1 is 1.05 bits per heavy atom. The van der Waals surface area contributed by atoms with E-state index in [0.717, 1.165) is 11.1 Å². The fourth-order valence-electron chi connectivity index (χ4n) is 1.72. The molecule has 2 rings (SSSR count). The molecule has 0 aliphatic heterocycles. The van der Waals surface area contributed by atoms with Crippen LogP contribution in [-0.2, 0) is 4.79 Å². The standard InChI is InChI=1S/C17H17N3O2/c1-13-7-9-14(10-8-13)11-19-20-16(21)12-18-17(22)15-5-3-2-4-6-15/h2-11H,12H2,1H3,(H,18,22)(H,20,21)/b19-11-. The molecule has 0 heterocycles. The second kappa shape index (κ2) is 7.73. The Morgan fingerprint density at radius 3 is 2.41 bits per heavy atom. The summed E-state index contributed by atoms with van der Waals surface area (Å²) in [6.07, 6.45) is 1.55. The van der Waals surface area contributed by atoms with Crippen LogP contribution >= 0.6 is 0 Å². The molecule has 0 aromatic heterocycles. The van der Waals surface area contributed by atoms with Crippen molar-refractivity contribution in [2.75, 3.05) is 6.54 Å². The molecule has 5 heteroatoms. The first-order valence-corrected chi connectivity index (χ1v) is 6.87. The quantitative estimate of drug-likeness (QED) is 0.653. The van der Waals surface area contributed by atoms with E-state index in [1.54, 1.807) is 30.5 Å². The zero-order chi connectivity index (χ0) is 15.8. The molecule has 112 valence electrons. The summed E-state index contributed by atoms with van der Waals surface area (Å²) in [6, 6.07) is 16.5. The number of carbonyl (C=O) groups excluding carboxylic acids is 2. The van der Waals surface area contributed by atoms with E-state index in [2.05, 4.69) is 15.8 Å². The fourth-order valence-corrected chi connectivity index (χ4v) is 1.72. The Balaban J connectivity index is 1.76. The Kier molecular flexibility index (Phi) is 5.43. The number of amides is 2. The van der Waals surface area contributed by atoms with Gasteiger partial charge in [0.05, 0.1) is 12.8 Å². The van der Waals surface area contributed by atoms with Gasteiger partial charge in [-0.05, 0) is 24.6 Å². The molecule has 0 radical (unpaired) electrons. The third kappa shape index (κ3) is 4.86. The lowest BCUT2D eigenvalue weighted by atomic mass is 10.2. The smallest absolute Gasteiger partial charge is 0.259 e. The maximum atomic E-state index is 11.7. The van der Waals surface area contributed by atoms with Crippen LogP contribution in [0.3, 0.4) is 0 Å². The second-order valence-corrected chi connectivity index (χ2v) is 4.75. The Hall–Kier alpha value is -2.95. The first kappa shape index (κ1) is 15.4. The SMILES string of the molecule is Cc1ccc(/C=N\NC(=O)CNC(=O)c2ccccc2)cc1. The van der Waals surface area contributed by atoms with E-state index in [0.29, 0.717) is 5.56 Å². The lowest BCUT2D eigenvalue weighted by Crippen LogP contribution is -2.34. The molecule has 2 amide bonds. The molecule has 0 spiro atoms. The minimum Gasteiger partial charge on any atom is -0.343 e. The number of hydrogen-bond donors (Lipinski definition) is 2. The number of hydrazone groups is 1. The molecule has 0 fully saturated rings. The molecule has 0 unspecified atom stereocenters. The molecule has 0 atom stereocenters. The van der Waals surface area contributed by atoms with Crippen molar-refractivity contribution in [3.8, 4) is 0 Å². The summed E-state index contributed by atoms with van der Waals surface area (Å²) in [5.41, 5.74) is 4.93. The highest BCUT2D eigenvalue weighted by atomic mass is 16.2.